The van der Waals surface area contributed by atoms with E-state index in [1.807, 2.05) is 121 Å². The third-order valence-electron chi connectivity index (χ3n) is 26.7. The first-order chi connectivity index (χ1) is 66.8. The van der Waals surface area contributed by atoms with E-state index in [0.29, 0.717) is 56.5 Å². The standard InChI is InChI=1S/C56H34N4.C36H26N4.C32H18N4/c1-58-50-35-55(59-51-26-22-41(37-14-6-2-7-15-37)30-46(51)47-31-42(23-27-52(47)59)38-16-8-3-9-17-38)45(36-57)34-56(50)60-53-28-24-43(39-18-10-4-11-19-39)32-48(53)49-33-44(25-29-54(49)60)40-20-12-5-13-21-40;1-21-6-10-32-27(14-21)28-15-22(2)7-11-33(28)39(32)26-18-25(20-37)36(31(19-26)38-5)40-34-12-8-23(3)16-29(34)30-17-24(4)9-13-35(30)40;1-34-27-19-22(35-28-14-6-2-10-23(28)24-11-3-7-15-29(24)35)18-21(20-33)32(27)36-30-16-8-4-12-25(30)26-13-5-9-17-31(26)36/h2-35H;6-19H,1-4H3;2-19H. The zero-order valence-corrected chi connectivity index (χ0v) is 74.5. The largest absolute Gasteiger partial charge is 0.319 e. The topological polar surface area (TPSA) is 114 Å². The van der Waals surface area contributed by atoms with Gasteiger partial charge in [-0.15, -0.1) is 0 Å². The highest BCUT2D eigenvalue weighted by Crippen LogP contribution is 2.48. The second-order valence-electron chi connectivity index (χ2n) is 34.8. The number of aromatic nitrogens is 6. The van der Waals surface area contributed by atoms with Gasteiger partial charge in [0, 0.05) is 76.0 Å². The van der Waals surface area contributed by atoms with Gasteiger partial charge in [-0.2, -0.15) is 15.8 Å². The van der Waals surface area contributed by atoms with Crippen LogP contribution < -0.4 is 0 Å². The maximum Gasteiger partial charge on any atom is 0.214 e. The number of nitrogens with zero attached hydrogens (tertiary/aromatic N) is 12. The van der Waals surface area contributed by atoms with Gasteiger partial charge in [-0.3, -0.25) is 0 Å². The Morgan fingerprint density at radius 1 is 0.191 bits per heavy atom. The summed E-state index contributed by atoms with van der Waals surface area (Å²) in [7, 11) is 0. The fourth-order valence-corrected chi connectivity index (χ4v) is 20.6. The Kier molecular flexibility index (Phi) is 19.8. The van der Waals surface area contributed by atoms with Crippen LogP contribution in [0.15, 0.2) is 400 Å². The Labute approximate surface area is 783 Å². The minimum Gasteiger partial charge on any atom is -0.319 e. The minimum absolute atomic E-state index is 0.442. The number of fused-ring (bicyclic) bond motifs is 18. The van der Waals surface area contributed by atoms with Crippen LogP contribution >= 0.6 is 0 Å². The van der Waals surface area contributed by atoms with Crippen LogP contribution in [-0.2, 0) is 0 Å². The van der Waals surface area contributed by atoms with Crippen molar-refractivity contribution in [2.75, 3.05) is 0 Å². The van der Waals surface area contributed by atoms with E-state index < -0.39 is 0 Å². The number of aryl methyl sites for hydroxylation is 4. The Hall–Kier alpha value is -19.1. The van der Waals surface area contributed by atoms with Gasteiger partial charge in [0.05, 0.1) is 125 Å². The smallest absolute Gasteiger partial charge is 0.214 e. The van der Waals surface area contributed by atoms with Gasteiger partial charge in [-0.1, -0.05) is 265 Å². The molecule has 25 aromatic rings. The normalized spacial score (nSPS) is 11.3. The van der Waals surface area contributed by atoms with Gasteiger partial charge in [0.1, 0.15) is 18.2 Å². The molecule has 136 heavy (non-hydrogen) atoms. The Morgan fingerprint density at radius 2 is 0.434 bits per heavy atom. The van der Waals surface area contributed by atoms with E-state index in [1.54, 1.807) is 0 Å². The highest BCUT2D eigenvalue weighted by molar-refractivity contribution is 6.17. The molecule has 0 saturated carbocycles. The lowest BCUT2D eigenvalue weighted by atomic mass is 10.0. The second kappa shape index (κ2) is 33.1. The molecular weight excluding hydrogens is 1660 g/mol. The molecule has 0 amide bonds. The molecule has 0 unspecified atom stereocenters. The third kappa shape index (κ3) is 13.5. The molecule has 0 fully saturated rings. The lowest BCUT2D eigenvalue weighted by Crippen LogP contribution is -2.02. The van der Waals surface area contributed by atoms with Crippen molar-refractivity contribution in [1.82, 2.24) is 27.4 Å². The lowest BCUT2D eigenvalue weighted by molar-refractivity contribution is 1.14. The maximum atomic E-state index is 11.0. The third-order valence-corrected chi connectivity index (χ3v) is 26.7. The van der Waals surface area contributed by atoms with Crippen molar-refractivity contribution < 1.29 is 0 Å². The van der Waals surface area contributed by atoms with Crippen LogP contribution in [0.5, 0.6) is 0 Å². The summed E-state index contributed by atoms with van der Waals surface area (Å²) < 4.78 is 12.8. The number of hydrogen-bond donors (Lipinski definition) is 0. The average molecular weight is 1740 g/mol. The molecule has 0 saturated heterocycles. The SMILES string of the molecule is [C-]#[N+]c1cc(-n2c3ccc(-c4ccccc4)cc3c3cc(-c4ccccc4)ccc32)c(C#N)cc1-n1c2ccc(-c3ccccc3)cc2c2cc(-c3ccccc3)ccc21.[C-]#[N+]c1cc(-n2c3ccc(C)cc3c3cc(C)ccc32)cc(C#N)c1-n1c2ccc(C)cc2c2cc(C)ccc21.[C-]#[N+]c1cc(-n2c3ccccc3c3ccccc32)cc(C#N)c1-n1c2ccccc2c2ccccc21. The van der Waals surface area contributed by atoms with Gasteiger partial charge in [-0.05, 0) is 230 Å². The van der Waals surface area contributed by atoms with E-state index in [0.717, 1.165) is 176 Å². The van der Waals surface area contributed by atoms with Gasteiger partial charge in [0.15, 0.2) is 0 Å². The molecule has 0 bridgehead atoms. The molecule has 0 radical (unpaired) electrons. The van der Waals surface area contributed by atoms with E-state index in [-0.39, 0.29) is 0 Å². The highest BCUT2D eigenvalue weighted by atomic mass is 15.1. The predicted molar refractivity (Wildman–Crippen MR) is 559 cm³/mol. The number of benzene rings is 19. The molecule has 12 nitrogen and oxygen atoms in total. The molecule has 12 heteroatoms. The molecule has 0 atom stereocenters. The maximum absolute atomic E-state index is 11.0. The molecule has 6 aromatic heterocycles. The van der Waals surface area contributed by atoms with Crippen molar-refractivity contribution in [3.8, 4) is 96.8 Å². The monoisotopic (exact) mass is 1730 g/mol. The Morgan fingerprint density at radius 3 is 0.728 bits per heavy atom. The van der Waals surface area contributed by atoms with Crippen molar-refractivity contribution in [3.05, 3.63) is 474 Å². The first-order valence-electron chi connectivity index (χ1n) is 45.1. The van der Waals surface area contributed by atoms with E-state index >= 15 is 0 Å². The number of para-hydroxylation sites is 4. The lowest BCUT2D eigenvalue weighted by Gasteiger charge is -2.16. The molecule has 6 heterocycles. The van der Waals surface area contributed by atoms with Crippen LogP contribution in [0.2, 0.25) is 0 Å². The van der Waals surface area contributed by atoms with Crippen molar-refractivity contribution in [3.63, 3.8) is 0 Å². The quantitative estimate of drug-likeness (QED) is 0.127. The van der Waals surface area contributed by atoms with E-state index in [9.17, 15) is 15.8 Å². The predicted octanol–water partition coefficient (Wildman–Crippen LogP) is 32.8. The fraction of sp³-hybridized carbons (Fsp3) is 0.0323. The summed E-state index contributed by atoms with van der Waals surface area (Å²) in [6.45, 7) is 33.4. The summed E-state index contributed by atoms with van der Waals surface area (Å²) in [6.07, 6.45) is 0. The van der Waals surface area contributed by atoms with Crippen LogP contribution in [0.3, 0.4) is 0 Å². The van der Waals surface area contributed by atoms with Gasteiger partial charge < -0.3 is 27.4 Å². The summed E-state index contributed by atoms with van der Waals surface area (Å²) in [5, 5.41) is 45.3. The second-order valence-corrected chi connectivity index (χ2v) is 34.8. The van der Waals surface area contributed by atoms with Crippen molar-refractivity contribution in [2.24, 2.45) is 0 Å². The van der Waals surface area contributed by atoms with Crippen LogP contribution in [-0.4, -0.2) is 27.4 Å². The molecular formula is C124H78N12. The van der Waals surface area contributed by atoms with Crippen molar-refractivity contribution >= 4 is 148 Å². The molecule has 634 valence electrons. The molecule has 0 aliphatic carbocycles. The van der Waals surface area contributed by atoms with E-state index in [1.165, 1.54) is 33.0 Å². The first-order valence-corrected chi connectivity index (χ1v) is 45.1. The summed E-state index contributed by atoms with van der Waals surface area (Å²) in [5.41, 5.74) is 32.7. The number of rotatable bonds is 10. The zero-order valence-electron chi connectivity index (χ0n) is 74.5. The minimum atomic E-state index is 0.442. The molecule has 25 rings (SSSR count). The summed E-state index contributed by atoms with van der Waals surface area (Å²) in [6, 6.07) is 145. The zero-order chi connectivity index (χ0) is 92.1. The average Bonchev–Trinajstić information content (AvgIpc) is 1.57. The van der Waals surface area contributed by atoms with Gasteiger partial charge >= 0.3 is 0 Å². The highest BCUT2D eigenvalue weighted by Gasteiger charge is 2.28. The van der Waals surface area contributed by atoms with Crippen molar-refractivity contribution in [1.29, 1.82) is 15.8 Å². The van der Waals surface area contributed by atoms with E-state index in [4.69, 9.17) is 19.7 Å². The molecule has 0 N–H and O–H groups in total. The number of nitriles is 3. The van der Waals surface area contributed by atoms with E-state index in [2.05, 4.69) is 367 Å². The van der Waals surface area contributed by atoms with Crippen LogP contribution in [0.1, 0.15) is 38.9 Å². The van der Waals surface area contributed by atoms with Gasteiger partial charge in [-0.25, -0.2) is 14.5 Å². The van der Waals surface area contributed by atoms with Gasteiger partial charge in [0.2, 0.25) is 17.1 Å². The van der Waals surface area contributed by atoms with Gasteiger partial charge in [0.25, 0.3) is 0 Å². The van der Waals surface area contributed by atoms with Crippen LogP contribution in [0, 0.1) is 81.4 Å². The molecule has 19 aromatic carbocycles. The van der Waals surface area contributed by atoms with Crippen LogP contribution in [0.4, 0.5) is 17.1 Å². The Bertz CT molecular complexity index is 8880. The molecule has 0 aliphatic rings. The molecule has 0 spiro atoms. The van der Waals surface area contributed by atoms with Crippen molar-refractivity contribution in [2.45, 2.75) is 27.7 Å². The summed E-state index contributed by atoms with van der Waals surface area (Å²) in [5.74, 6) is 0. The number of hydrogen-bond acceptors (Lipinski definition) is 3. The molecule has 0 aliphatic heterocycles. The summed E-state index contributed by atoms with van der Waals surface area (Å²) >= 11 is 0. The first kappa shape index (κ1) is 81.4. The summed E-state index contributed by atoms with van der Waals surface area (Å²) in [4.78, 5) is 12.1. The fourth-order valence-electron chi connectivity index (χ4n) is 20.6. The van der Waals surface area contributed by atoms with Crippen LogP contribution in [0.25, 0.3) is 224 Å². The Balaban J connectivity index is 0.000000120.